The zero-order chi connectivity index (χ0) is 37.9. The van der Waals surface area contributed by atoms with Crippen molar-refractivity contribution in [3.63, 3.8) is 0 Å². The van der Waals surface area contributed by atoms with Crippen LogP contribution in [0.25, 0.3) is 0 Å². The number of quaternary nitrogens is 1. The highest BCUT2D eigenvalue weighted by atomic mass is 31.2. The van der Waals surface area contributed by atoms with Crippen LogP contribution in [-0.4, -0.2) is 70.0 Å². The molecule has 0 aromatic heterocycles. The molecule has 0 fully saturated rings. The molecule has 0 spiro atoms. The van der Waals surface area contributed by atoms with Crippen LogP contribution in [0.2, 0.25) is 0 Å². The molecule has 0 heterocycles. The van der Waals surface area contributed by atoms with Gasteiger partial charge in [-0.2, -0.15) is 0 Å². The maximum atomic E-state index is 12.6. The Hall–Kier alpha value is -2.81. The molecule has 0 N–H and O–H groups in total. The van der Waals surface area contributed by atoms with E-state index in [9.17, 15) is 19.0 Å². The van der Waals surface area contributed by atoms with Gasteiger partial charge < -0.3 is 27.9 Å². The van der Waals surface area contributed by atoms with Gasteiger partial charge in [-0.15, -0.1) is 0 Å². The Morgan fingerprint density at radius 3 is 1.82 bits per heavy atom. The van der Waals surface area contributed by atoms with E-state index >= 15 is 0 Å². The topological polar surface area (TPSA) is 111 Å². The van der Waals surface area contributed by atoms with Gasteiger partial charge in [0.2, 0.25) is 0 Å². The number of allylic oxidation sites excluding steroid dienone is 14. The number of likely N-dealkylation sites (N-methyl/N-ethyl adjacent to an activating group) is 1. The molecule has 2 atom stereocenters. The van der Waals surface area contributed by atoms with Crippen LogP contribution < -0.4 is 4.89 Å². The molecule has 290 valence electrons. The minimum absolute atomic E-state index is 0.0506. The fourth-order valence-corrected chi connectivity index (χ4v) is 5.10. The second-order valence-electron chi connectivity index (χ2n) is 13.3. The van der Waals surface area contributed by atoms with Crippen molar-refractivity contribution in [3.05, 3.63) is 85.1 Å². The molecule has 0 saturated carbocycles. The zero-order valence-corrected chi connectivity index (χ0v) is 33.2. The number of ether oxygens (including phenoxy) is 2. The number of phosphoric ester groups is 1. The van der Waals surface area contributed by atoms with Crippen LogP contribution in [0, 0.1) is 0 Å². The molecule has 0 aromatic rings. The molecular weight excluding hydrogens is 665 g/mol. The molecule has 51 heavy (non-hydrogen) atoms. The maximum Gasteiger partial charge on any atom is 0.306 e. The van der Waals surface area contributed by atoms with Crippen molar-refractivity contribution in [2.24, 2.45) is 0 Å². The summed E-state index contributed by atoms with van der Waals surface area (Å²) in [7, 11) is 1.09. The number of hydrogen-bond acceptors (Lipinski definition) is 8. The van der Waals surface area contributed by atoms with Crippen molar-refractivity contribution >= 4 is 19.8 Å². The number of phosphoric acid groups is 1. The predicted molar refractivity (Wildman–Crippen MR) is 208 cm³/mol. The lowest BCUT2D eigenvalue weighted by Crippen LogP contribution is -2.37. The molecule has 0 aliphatic rings. The Balaban J connectivity index is 4.59. The summed E-state index contributed by atoms with van der Waals surface area (Å²) in [4.78, 5) is 37.3. The first-order valence-corrected chi connectivity index (χ1v) is 20.3. The first kappa shape index (κ1) is 48.2. The number of nitrogens with zero attached hydrogens (tertiary/aromatic N) is 1. The number of carbonyl (C=O) groups excluding carboxylic acids is 2. The van der Waals surface area contributed by atoms with E-state index in [0.29, 0.717) is 30.3 Å². The summed E-state index contributed by atoms with van der Waals surface area (Å²) in [6, 6.07) is 0. The molecule has 2 unspecified atom stereocenters. The molecule has 0 aromatic carbocycles. The van der Waals surface area contributed by atoms with Gasteiger partial charge in [0.1, 0.15) is 19.8 Å². The minimum Gasteiger partial charge on any atom is -0.756 e. The van der Waals surface area contributed by atoms with Gasteiger partial charge in [-0.3, -0.25) is 14.2 Å². The lowest BCUT2D eigenvalue weighted by atomic mass is 10.1. The number of unbranched alkanes of at least 4 members (excludes halogenated alkanes) is 8. The van der Waals surface area contributed by atoms with E-state index in [4.69, 9.17) is 18.5 Å². The summed E-state index contributed by atoms with van der Waals surface area (Å²) in [5, 5.41) is 0. The van der Waals surface area contributed by atoms with E-state index < -0.39 is 32.5 Å². The van der Waals surface area contributed by atoms with E-state index in [2.05, 4.69) is 44.2 Å². The van der Waals surface area contributed by atoms with Gasteiger partial charge in [-0.05, 0) is 51.4 Å². The molecule has 0 rings (SSSR count). The monoisotopic (exact) mass is 733 g/mol. The second kappa shape index (κ2) is 33.1. The largest absolute Gasteiger partial charge is 0.756 e. The van der Waals surface area contributed by atoms with Crippen LogP contribution in [0.5, 0.6) is 0 Å². The number of rotatable bonds is 32. The molecule has 9 nitrogen and oxygen atoms in total. The third kappa shape index (κ3) is 36.8. The molecular formula is C41H68NO8P. The van der Waals surface area contributed by atoms with E-state index in [1.807, 2.05) is 75.8 Å². The molecule has 0 amide bonds. The molecule has 0 aliphatic carbocycles. The van der Waals surface area contributed by atoms with Crippen LogP contribution in [0.3, 0.4) is 0 Å². The smallest absolute Gasteiger partial charge is 0.306 e. The molecule has 0 aliphatic heterocycles. The van der Waals surface area contributed by atoms with Crippen molar-refractivity contribution in [2.75, 3.05) is 47.5 Å². The molecule has 0 bridgehead atoms. The van der Waals surface area contributed by atoms with Gasteiger partial charge in [-0.1, -0.05) is 131 Å². The standard InChI is InChI=1S/C41H68NO8P/c1-6-8-10-12-14-16-18-20-22-23-25-27-29-31-33-40(43)47-37-39(38-49-51(45,46)48-36-35-42(3,4)5)50-41(44)34-32-30-28-26-24-21-19-17-15-13-11-9-7-2/h8-11,13-17,19,21,24,26,28,39H,6-7,12,18,20,22-23,25,27,29-38H2,1-5H3/b10-8+,11-9+,15-13+,16-14+,19-17+,24-21+,28-26+. The Kier molecular flexibility index (Phi) is 31.2. The first-order chi connectivity index (χ1) is 24.5. The summed E-state index contributed by atoms with van der Waals surface area (Å²) in [6.45, 7) is 3.83. The average Bonchev–Trinajstić information content (AvgIpc) is 3.07. The Bertz CT molecular complexity index is 1150. The Labute approximate surface area is 310 Å². The van der Waals surface area contributed by atoms with Gasteiger partial charge in [0.15, 0.2) is 6.10 Å². The average molecular weight is 734 g/mol. The van der Waals surface area contributed by atoms with Crippen molar-refractivity contribution in [1.29, 1.82) is 0 Å². The number of esters is 2. The van der Waals surface area contributed by atoms with Gasteiger partial charge in [0.05, 0.1) is 27.7 Å². The Morgan fingerprint density at radius 2 is 1.18 bits per heavy atom. The van der Waals surface area contributed by atoms with Gasteiger partial charge in [0.25, 0.3) is 7.82 Å². The molecule has 0 radical (unpaired) electrons. The van der Waals surface area contributed by atoms with E-state index in [-0.39, 0.29) is 26.1 Å². The van der Waals surface area contributed by atoms with Gasteiger partial charge >= 0.3 is 11.9 Å². The summed E-state index contributed by atoms with van der Waals surface area (Å²) in [6.07, 6.45) is 40.6. The quantitative estimate of drug-likeness (QED) is 0.0168. The summed E-state index contributed by atoms with van der Waals surface area (Å²) >= 11 is 0. The summed E-state index contributed by atoms with van der Waals surface area (Å²) < 4.78 is 33.6. The third-order valence-electron chi connectivity index (χ3n) is 7.29. The van der Waals surface area contributed by atoms with Crippen LogP contribution >= 0.6 is 7.82 Å². The van der Waals surface area contributed by atoms with Crippen molar-refractivity contribution in [3.8, 4) is 0 Å². The molecule has 0 saturated heterocycles. The van der Waals surface area contributed by atoms with Crippen molar-refractivity contribution in [1.82, 2.24) is 0 Å². The fraction of sp³-hybridized carbons (Fsp3) is 0.610. The SMILES string of the molecule is CC/C=C/C=C/C=C/C=C/C=C/CCCC(=O)OC(COC(=O)CCCCCCCCC/C=C/C/C=C/CC)COP(=O)([O-])OCC[N+](C)(C)C. The Morgan fingerprint density at radius 1 is 0.627 bits per heavy atom. The van der Waals surface area contributed by atoms with E-state index in [1.54, 1.807) is 0 Å². The normalized spacial score (nSPS) is 14.7. The third-order valence-corrected chi connectivity index (χ3v) is 8.25. The van der Waals surface area contributed by atoms with Crippen molar-refractivity contribution < 1.29 is 42.1 Å². The lowest BCUT2D eigenvalue weighted by Gasteiger charge is -2.28. The lowest BCUT2D eigenvalue weighted by molar-refractivity contribution is -0.870. The van der Waals surface area contributed by atoms with Gasteiger partial charge in [0, 0.05) is 12.8 Å². The van der Waals surface area contributed by atoms with E-state index in [0.717, 1.165) is 44.9 Å². The van der Waals surface area contributed by atoms with Crippen molar-refractivity contribution in [2.45, 2.75) is 116 Å². The zero-order valence-electron chi connectivity index (χ0n) is 32.3. The first-order valence-electron chi connectivity index (χ1n) is 18.9. The van der Waals surface area contributed by atoms with Crippen LogP contribution in [0.15, 0.2) is 85.1 Å². The van der Waals surface area contributed by atoms with Crippen LogP contribution in [-0.2, 0) is 32.7 Å². The predicted octanol–water partition coefficient (Wildman–Crippen LogP) is 9.43. The number of carbonyl (C=O) groups is 2. The summed E-state index contributed by atoms with van der Waals surface area (Å²) in [5.41, 5.74) is 0. The molecule has 10 heteroatoms. The minimum atomic E-state index is -4.64. The highest BCUT2D eigenvalue weighted by molar-refractivity contribution is 7.45. The number of hydrogen-bond donors (Lipinski definition) is 0. The second-order valence-corrected chi connectivity index (χ2v) is 14.7. The maximum absolute atomic E-state index is 12.6. The summed E-state index contributed by atoms with van der Waals surface area (Å²) in [5.74, 6) is -0.944. The van der Waals surface area contributed by atoms with Crippen LogP contribution in [0.4, 0.5) is 0 Å². The van der Waals surface area contributed by atoms with E-state index in [1.165, 1.54) is 19.3 Å². The highest BCUT2D eigenvalue weighted by Crippen LogP contribution is 2.38. The highest BCUT2D eigenvalue weighted by Gasteiger charge is 2.21. The van der Waals surface area contributed by atoms with Gasteiger partial charge in [-0.25, -0.2) is 0 Å². The van der Waals surface area contributed by atoms with Crippen LogP contribution in [0.1, 0.15) is 110 Å². The fourth-order valence-electron chi connectivity index (χ4n) is 4.37.